The predicted molar refractivity (Wildman–Crippen MR) is 118 cm³/mol. The molecule has 2 fully saturated rings. The molecule has 0 aromatic heterocycles. The lowest BCUT2D eigenvalue weighted by molar-refractivity contribution is -0.138. The fourth-order valence-electron chi connectivity index (χ4n) is 4.56. The molecule has 30 heavy (non-hydrogen) atoms. The molecule has 6 nitrogen and oxygen atoms in total. The first-order chi connectivity index (χ1) is 14.3. The number of carbonyl (C=O) groups excluding carboxylic acids is 2. The quantitative estimate of drug-likeness (QED) is 0.682. The van der Waals surface area contributed by atoms with Gasteiger partial charge in [-0.15, -0.1) is 0 Å². The summed E-state index contributed by atoms with van der Waals surface area (Å²) in [5.74, 6) is -0.234. The van der Waals surface area contributed by atoms with Crippen molar-refractivity contribution in [3.05, 3.63) is 35.9 Å². The lowest BCUT2D eigenvalue weighted by Gasteiger charge is -2.31. The number of aryl methyl sites for hydroxylation is 1. The monoisotopic (exact) mass is 434 g/mol. The van der Waals surface area contributed by atoms with Crippen LogP contribution in [-0.2, 0) is 25.8 Å². The summed E-state index contributed by atoms with van der Waals surface area (Å²) in [6.07, 6.45) is 5.14. The van der Waals surface area contributed by atoms with Crippen LogP contribution in [0, 0.1) is 5.92 Å². The largest absolute Gasteiger partial charge is 0.344 e. The van der Waals surface area contributed by atoms with Crippen LogP contribution in [0.15, 0.2) is 30.3 Å². The Bertz CT molecular complexity index is 840. The summed E-state index contributed by atoms with van der Waals surface area (Å²) >= 11 is 0. The molecule has 0 aliphatic carbocycles. The van der Waals surface area contributed by atoms with Gasteiger partial charge in [0.2, 0.25) is 11.8 Å². The van der Waals surface area contributed by atoms with Crippen LogP contribution in [0.25, 0.3) is 0 Å². The zero-order chi connectivity index (χ0) is 21.7. The number of hydrogen-bond donors (Lipinski definition) is 1. The summed E-state index contributed by atoms with van der Waals surface area (Å²) in [6.45, 7) is 3.81. The Kier molecular flexibility index (Phi) is 7.55. The fraction of sp³-hybridized carbons (Fsp3) is 0.652. The van der Waals surface area contributed by atoms with Crippen LogP contribution in [0.1, 0.15) is 57.9 Å². The van der Waals surface area contributed by atoms with E-state index < -0.39 is 15.9 Å². The number of sulfone groups is 1. The molecule has 2 heterocycles. The first kappa shape index (κ1) is 22.8. The maximum atomic E-state index is 13.3. The van der Waals surface area contributed by atoms with Crippen molar-refractivity contribution in [3.63, 3.8) is 0 Å². The van der Waals surface area contributed by atoms with Gasteiger partial charge in [-0.25, -0.2) is 8.42 Å². The van der Waals surface area contributed by atoms with Crippen molar-refractivity contribution in [3.8, 4) is 0 Å². The molecule has 166 valence electrons. The highest BCUT2D eigenvalue weighted by Crippen LogP contribution is 2.32. The SMILES string of the molecule is CCC(C)C(=O)N[C@H]1CCC[C@H]2CC[C@@H](CS(=O)(=O)CCc3ccccc3)N2C1=O. The summed E-state index contributed by atoms with van der Waals surface area (Å²) in [6, 6.07) is 8.87. The molecular formula is C23H34N2O4S. The standard InChI is InChI=1S/C23H34N2O4S/c1-3-17(2)22(26)24-21-11-7-10-19-12-13-20(25(19)23(21)27)16-30(28,29)15-14-18-8-5-4-6-9-18/h4-6,8-9,17,19-21H,3,7,10-16H2,1-2H3,(H,24,26)/t17?,19-,20-,21-/m0/s1. The summed E-state index contributed by atoms with van der Waals surface area (Å²) in [7, 11) is -3.29. The van der Waals surface area contributed by atoms with E-state index in [2.05, 4.69) is 5.32 Å². The van der Waals surface area contributed by atoms with E-state index in [1.165, 1.54) is 0 Å². The number of hydrogen-bond acceptors (Lipinski definition) is 4. The molecular weight excluding hydrogens is 400 g/mol. The Morgan fingerprint density at radius 3 is 2.60 bits per heavy atom. The van der Waals surface area contributed by atoms with E-state index in [1.807, 2.05) is 44.2 Å². The fourth-order valence-corrected chi connectivity index (χ4v) is 6.18. The molecule has 0 bridgehead atoms. The number of nitrogens with one attached hydrogen (secondary N) is 1. The molecule has 2 saturated heterocycles. The second kappa shape index (κ2) is 9.94. The van der Waals surface area contributed by atoms with Crippen molar-refractivity contribution in [2.24, 2.45) is 5.92 Å². The molecule has 0 saturated carbocycles. The summed E-state index contributed by atoms with van der Waals surface area (Å²) in [4.78, 5) is 27.4. The van der Waals surface area contributed by atoms with Crippen molar-refractivity contribution >= 4 is 21.7 Å². The first-order valence-electron chi connectivity index (χ1n) is 11.2. The predicted octanol–water partition coefficient (Wildman–Crippen LogP) is 2.72. The molecule has 4 atom stereocenters. The molecule has 1 aromatic carbocycles. The molecule has 3 rings (SSSR count). The second-order valence-electron chi connectivity index (χ2n) is 8.78. The number of carbonyl (C=O) groups is 2. The zero-order valence-corrected chi connectivity index (χ0v) is 18.9. The van der Waals surface area contributed by atoms with E-state index >= 15 is 0 Å². The Hall–Kier alpha value is -1.89. The maximum Gasteiger partial charge on any atom is 0.245 e. The summed E-state index contributed by atoms with van der Waals surface area (Å²) < 4.78 is 25.6. The van der Waals surface area contributed by atoms with Crippen LogP contribution in [0.2, 0.25) is 0 Å². The molecule has 0 spiro atoms. The molecule has 1 unspecified atom stereocenters. The molecule has 2 aliphatic heterocycles. The van der Waals surface area contributed by atoms with Gasteiger partial charge in [-0.05, 0) is 50.5 Å². The van der Waals surface area contributed by atoms with Gasteiger partial charge in [0.05, 0.1) is 11.5 Å². The minimum atomic E-state index is -3.29. The van der Waals surface area contributed by atoms with Crippen molar-refractivity contribution in [1.82, 2.24) is 10.2 Å². The average molecular weight is 435 g/mol. The minimum absolute atomic E-state index is 0.00804. The van der Waals surface area contributed by atoms with Crippen molar-refractivity contribution in [1.29, 1.82) is 0 Å². The summed E-state index contributed by atoms with van der Waals surface area (Å²) in [5.41, 5.74) is 1.00. The molecule has 1 N–H and O–H groups in total. The van der Waals surface area contributed by atoms with Gasteiger partial charge in [-0.3, -0.25) is 9.59 Å². The van der Waals surface area contributed by atoms with Gasteiger partial charge in [0.15, 0.2) is 9.84 Å². The zero-order valence-electron chi connectivity index (χ0n) is 18.0. The lowest BCUT2D eigenvalue weighted by Crippen LogP contribution is -2.53. The molecule has 7 heteroatoms. The van der Waals surface area contributed by atoms with E-state index in [-0.39, 0.29) is 41.3 Å². The topological polar surface area (TPSA) is 83.6 Å². The van der Waals surface area contributed by atoms with Gasteiger partial charge < -0.3 is 10.2 Å². The van der Waals surface area contributed by atoms with Gasteiger partial charge in [-0.1, -0.05) is 44.2 Å². The normalized spacial score (nSPS) is 25.5. The maximum absolute atomic E-state index is 13.3. The average Bonchev–Trinajstić information content (AvgIpc) is 3.05. The highest BCUT2D eigenvalue weighted by molar-refractivity contribution is 7.91. The third-order valence-electron chi connectivity index (χ3n) is 6.57. The minimum Gasteiger partial charge on any atom is -0.344 e. The van der Waals surface area contributed by atoms with Crippen molar-refractivity contribution in [2.45, 2.75) is 76.9 Å². The third kappa shape index (κ3) is 5.62. The van der Waals surface area contributed by atoms with E-state index in [0.717, 1.165) is 31.2 Å². The smallest absolute Gasteiger partial charge is 0.245 e. The third-order valence-corrected chi connectivity index (χ3v) is 8.29. The van der Waals surface area contributed by atoms with Gasteiger partial charge in [0.1, 0.15) is 6.04 Å². The molecule has 2 aliphatic rings. The second-order valence-corrected chi connectivity index (χ2v) is 11.0. The van der Waals surface area contributed by atoms with E-state index in [4.69, 9.17) is 0 Å². The molecule has 0 radical (unpaired) electrons. The lowest BCUT2D eigenvalue weighted by atomic mass is 10.0. The highest BCUT2D eigenvalue weighted by atomic mass is 32.2. The van der Waals surface area contributed by atoms with Crippen LogP contribution in [-0.4, -0.2) is 54.8 Å². The number of rotatable bonds is 8. The van der Waals surface area contributed by atoms with Crippen LogP contribution in [0.4, 0.5) is 0 Å². The van der Waals surface area contributed by atoms with Crippen LogP contribution >= 0.6 is 0 Å². The van der Waals surface area contributed by atoms with E-state index in [0.29, 0.717) is 19.3 Å². The summed E-state index contributed by atoms with van der Waals surface area (Å²) in [5, 5.41) is 2.92. The molecule has 1 aromatic rings. The highest BCUT2D eigenvalue weighted by Gasteiger charge is 2.43. The van der Waals surface area contributed by atoms with E-state index in [1.54, 1.807) is 4.90 Å². The Balaban J connectivity index is 1.66. The van der Waals surface area contributed by atoms with Gasteiger partial charge >= 0.3 is 0 Å². The van der Waals surface area contributed by atoms with Crippen LogP contribution in [0.3, 0.4) is 0 Å². The Morgan fingerprint density at radius 2 is 1.90 bits per heavy atom. The van der Waals surface area contributed by atoms with Crippen molar-refractivity contribution in [2.75, 3.05) is 11.5 Å². The van der Waals surface area contributed by atoms with Gasteiger partial charge in [0, 0.05) is 18.0 Å². The van der Waals surface area contributed by atoms with Crippen molar-refractivity contribution < 1.29 is 18.0 Å². The Labute approximate surface area is 180 Å². The number of amides is 2. The Morgan fingerprint density at radius 1 is 1.17 bits per heavy atom. The number of nitrogens with zero attached hydrogens (tertiary/aromatic N) is 1. The van der Waals surface area contributed by atoms with Crippen LogP contribution in [0.5, 0.6) is 0 Å². The first-order valence-corrected chi connectivity index (χ1v) is 13.0. The van der Waals surface area contributed by atoms with Gasteiger partial charge in [0.25, 0.3) is 0 Å². The van der Waals surface area contributed by atoms with Gasteiger partial charge in [-0.2, -0.15) is 0 Å². The van der Waals surface area contributed by atoms with E-state index in [9.17, 15) is 18.0 Å². The number of fused-ring (bicyclic) bond motifs is 1. The molecule has 2 amide bonds. The van der Waals surface area contributed by atoms with Crippen LogP contribution < -0.4 is 5.32 Å². The number of benzene rings is 1.